The summed E-state index contributed by atoms with van der Waals surface area (Å²) in [4.78, 5) is 4.46. The Kier molecular flexibility index (Phi) is 2.73. The van der Waals surface area contributed by atoms with Crippen molar-refractivity contribution in [1.29, 1.82) is 0 Å². The lowest BCUT2D eigenvalue weighted by Gasteiger charge is -2.29. The van der Waals surface area contributed by atoms with Gasteiger partial charge in [0.25, 0.3) is 0 Å². The van der Waals surface area contributed by atoms with Crippen LogP contribution in [0.2, 0.25) is 0 Å². The van der Waals surface area contributed by atoms with E-state index in [1.54, 1.807) is 0 Å². The van der Waals surface area contributed by atoms with Crippen molar-refractivity contribution < 1.29 is 0 Å². The van der Waals surface area contributed by atoms with Crippen molar-refractivity contribution in [1.82, 2.24) is 19.7 Å². The van der Waals surface area contributed by atoms with Gasteiger partial charge >= 0.3 is 0 Å². The summed E-state index contributed by atoms with van der Waals surface area (Å²) in [5, 5.41) is 8.71. The van der Waals surface area contributed by atoms with Crippen molar-refractivity contribution in [2.24, 2.45) is 0 Å². The molecule has 18 heavy (non-hydrogen) atoms. The number of rotatable bonds is 1. The first kappa shape index (κ1) is 11.8. The third-order valence-corrected chi connectivity index (χ3v) is 3.93. The largest absolute Gasteiger partial charge is 0.309 e. The van der Waals surface area contributed by atoms with Crippen molar-refractivity contribution in [2.45, 2.75) is 38.6 Å². The molecule has 0 saturated heterocycles. The normalized spacial score (nSPS) is 17.5. The number of hydrogen-bond donors (Lipinski definition) is 0. The zero-order chi connectivity index (χ0) is 12.8. The Labute approximate surface area is 115 Å². The van der Waals surface area contributed by atoms with Crippen LogP contribution >= 0.6 is 15.9 Å². The molecule has 0 amide bonds. The predicted octanol–water partition coefficient (Wildman–Crippen LogP) is 3.17. The van der Waals surface area contributed by atoms with Crippen LogP contribution in [0, 0.1) is 0 Å². The van der Waals surface area contributed by atoms with Crippen LogP contribution in [-0.2, 0) is 12.0 Å². The summed E-state index contributed by atoms with van der Waals surface area (Å²) in [6.07, 6.45) is 2.33. The molecule has 0 aromatic carbocycles. The SMILES string of the molecule is CC1(C)CCCn2c(-c3cccc(Br)n3)nnc21. The molecule has 0 spiro atoms. The summed E-state index contributed by atoms with van der Waals surface area (Å²) in [7, 11) is 0. The van der Waals surface area contributed by atoms with Gasteiger partial charge in [-0.2, -0.15) is 0 Å². The molecule has 1 aliphatic rings. The van der Waals surface area contributed by atoms with Crippen molar-refractivity contribution >= 4 is 15.9 Å². The standard InChI is InChI=1S/C13H15BrN4/c1-13(2)7-4-8-18-11(16-17-12(13)18)9-5-3-6-10(14)15-9/h3,5-6H,4,7-8H2,1-2H3. The molecule has 5 heteroatoms. The first-order valence-corrected chi connectivity index (χ1v) is 6.94. The average molecular weight is 307 g/mol. The Bertz CT molecular complexity index is 588. The molecular formula is C13H15BrN4. The number of aromatic nitrogens is 4. The van der Waals surface area contributed by atoms with Crippen molar-refractivity contribution in [3.8, 4) is 11.5 Å². The van der Waals surface area contributed by atoms with Crippen LogP contribution in [0.1, 0.15) is 32.5 Å². The number of hydrogen-bond acceptors (Lipinski definition) is 3. The number of nitrogens with zero attached hydrogens (tertiary/aromatic N) is 4. The van der Waals surface area contributed by atoms with Gasteiger partial charge in [0.15, 0.2) is 5.82 Å². The predicted molar refractivity (Wildman–Crippen MR) is 73.2 cm³/mol. The van der Waals surface area contributed by atoms with Crippen molar-refractivity contribution in [3.05, 3.63) is 28.6 Å². The van der Waals surface area contributed by atoms with Crippen molar-refractivity contribution in [3.63, 3.8) is 0 Å². The molecule has 0 radical (unpaired) electrons. The second-order valence-corrected chi connectivity index (χ2v) is 6.14. The van der Waals surface area contributed by atoms with E-state index in [-0.39, 0.29) is 5.41 Å². The van der Waals surface area contributed by atoms with Gasteiger partial charge in [-0.3, -0.25) is 0 Å². The van der Waals surface area contributed by atoms with E-state index < -0.39 is 0 Å². The number of pyridine rings is 1. The first-order chi connectivity index (χ1) is 8.58. The van der Waals surface area contributed by atoms with Crippen LogP contribution in [0.3, 0.4) is 0 Å². The van der Waals surface area contributed by atoms with Gasteiger partial charge in [0.1, 0.15) is 16.1 Å². The van der Waals surface area contributed by atoms with E-state index >= 15 is 0 Å². The second-order valence-electron chi connectivity index (χ2n) is 5.33. The molecule has 0 N–H and O–H groups in total. The van der Waals surface area contributed by atoms with Gasteiger partial charge in [-0.15, -0.1) is 10.2 Å². The molecule has 94 valence electrons. The van der Waals surface area contributed by atoms with Crippen LogP contribution in [-0.4, -0.2) is 19.7 Å². The lowest BCUT2D eigenvalue weighted by Crippen LogP contribution is -2.28. The summed E-state index contributed by atoms with van der Waals surface area (Å²) in [6.45, 7) is 5.44. The van der Waals surface area contributed by atoms with E-state index in [9.17, 15) is 0 Å². The van der Waals surface area contributed by atoms with E-state index in [1.807, 2.05) is 18.2 Å². The van der Waals surface area contributed by atoms with Gasteiger partial charge in [-0.05, 0) is 40.9 Å². The van der Waals surface area contributed by atoms with Crippen LogP contribution in [0.5, 0.6) is 0 Å². The summed E-state index contributed by atoms with van der Waals surface area (Å²) >= 11 is 3.40. The Morgan fingerprint density at radius 1 is 1.28 bits per heavy atom. The highest BCUT2D eigenvalue weighted by atomic mass is 79.9. The van der Waals surface area contributed by atoms with E-state index in [0.717, 1.165) is 34.9 Å². The molecular weight excluding hydrogens is 292 g/mol. The Hall–Kier alpha value is -1.23. The van der Waals surface area contributed by atoms with Crippen molar-refractivity contribution in [2.75, 3.05) is 0 Å². The number of halogens is 1. The maximum atomic E-state index is 4.46. The molecule has 0 fully saturated rings. The van der Waals surface area contributed by atoms with Gasteiger partial charge in [0.2, 0.25) is 0 Å². The molecule has 2 aromatic heterocycles. The Morgan fingerprint density at radius 3 is 2.89 bits per heavy atom. The fourth-order valence-electron chi connectivity index (χ4n) is 2.53. The highest BCUT2D eigenvalue weighted by molar-refractivity contribution is 9.10. The maximum absolute atomic E-state index is 4.46. The molecule has 0 unspecified atom stereocenters. The Morgan fingerprint density at radius 2 is 2.11 bits per heavy atom. The lowest BCUT2D eigenvalue weighted by atomic mass is 9.84. The van der Waals surface area contributed by atoms with Crippen LogP contribution in [0.25, 0.3) is 11.5 Å². The van der Waals surface area contributed by atoms with Crippen LogP contribution in [0.4, 0.5) is 0 Å². The maximum Gasteiger partial charge on any atom is 0.182 e. The molecule has 0 saturated carbocycles. The number of fused-ring (bicyclic) bond motifs is 1. The van der Waals surface area contributed by atoms with Gasteiger partial charge in [0.05, 0.1) is 0 Å². The lowest BCUT2D eigenvalue weighted by molar-refractivity contribution is 0.353. The van der Waals surface area contributed by atoms with Crippen LogP contribution < -0.4 is 0 Å². The fourth-order valence-corrected chi connectivity index (χ4v) is 2.87. The molecule has 3 rings (SSSR count). The third kappa shape index (κ3) is 1.86. The van der Waals surface area contributed by atoms with Gasteiger partial charge in [0, 0.05) is 12.0 Å². The summed E-state index contributed by atoms with van der Waals surface area (Å²) in [5.41, 5.74) is 0.982. The first-order valence-electron chi connectivity index (χ1n) is 6.14. The molecule has 0 bridgehead atoms. The quantitative estimate of drug-likeness (QED) is 0.760. The molecule has 4 nitrogen and oxygen atoms in total. The molecule has 2 aromatic rings. The van der Waals surface area contributed by atoms with Gasteiger partial charge < -0.3 is 4.57 Å². The minimum atomic E-state index is 0.107. The monoisotopic (exact) mass is 306 g/mol. The highest BCUT2D eigenvalue weighted by Crippen LogP contribution is 2.34. The third-order valence-electron chi connectivity index (χ3n) is 3.48. The van der Waals surface area contributed by atoms with Crippen LogP contribution in [0.15, 0.2) is 22.8 Å². The minimum absolute atomic E-state index is 0.107. The van der Waals surface area contributed by atoms with E-state index in [4.69, 9.17) is 0 Å². The molecule has 0 aliphatic carbocycles. The minimum Gasteiger partial charge on any atom is -0.309 e. The second kappa shape index (κ2) is 4.16. The zero-order valence-corrected chi connectivity index (χ0v) is 12.1. The summed E-state index contributed by atoms with van der Waals surface area (Å²) in [6, 6.07) is 5.87. The fraction of sp³-hybridized carbons (Fsp3) is 0.462. The van der Waals surface area contributed by atoms with Gasteiger partial charge in [-0.1, -0.05) is 19.9 Å². The molecule has 1 aliphatic heterocycles. The topological polar surface area (TPSA) is 43.6 Å². The summed E-state index contributed by atoms with van der Waals surface area (Å²) in [5.74, 6) is 1.95. The summed E-state index contributed by atoms with van der Waals surface area (Å²) < 4.78 is 3.03. The smallest absolute Gasteiger partial charge is 0.182 e. The Balaban J connectivity index is 2.13. The zero-order valence-electron chi connectivity index (χ0n) is 10.5. The molecule has 3 heterocycles. The average Bonchev–Trinajstić information content (AvgIpc) is 2.74. The molecule has 0 atom stereocenters. The van der Waals surface area contributed by atoms with E-state index in [2.05, 4.69) is 49.5 Å². The van der Waals surface area contributed by atoms with Gasteiger partial charge in [-0.25, -0.2) is 4.98 Å². The van der Waals surface area contributed by atoms with E-state index in [0.29, 0.717) is 0 Å². The van der Waals surface area contributed by atoms with E-state index in [1.165, 1.54) is 6.42 Å². The highest BCUT2D eigenvalue weighted by Gasteiger charge is 2.32.